The number of hydrogen-bond acceptors (Lipinski definition) is 3. The van der Waals surface area contributed by atoms with Crippen molar-refractivity contribution in [1.29, 1.82) is 0 Å². The quantitative estimate of drug-likeness (QED) is 0.678. The van der Waals surface area contributed by atoms with Crippen LogP contribution in [0.3, 0.4) is 0 Å². The van der Waals surface area contributed by atoms with Crippen LogP contribution in [0.5, 0.6) is 5.75 Å². The molecule has 0 amide bonds. The number of ether oxygens (including phenoxy) is 1. The van der Waals surface area contributed by atoms with E-state index in [9.17, 15) is 0 Å². The Morgan fingerprint density at radius 1 is 1.29 bits per heavy atom. The molecule has 3 nitrogen and oxygen atoms in total. The predicted molar refractivity (Wildman–Crippen MR) is 69.8 cm³/mol. The minimum absolute atomic E-state index is 0. The Morgan fingerprint density at radius 3 is 2.59 bits per heavy atom. The van der Waals surface area contributed by atoms with Gasteiger partial charge in [-0.05, 0) is 30.7 Å². The molecule has 0 N–H and O–H groups in total. The van der Waals surface area contributed by atoms with Crippen molar-refractivity contribution < 1.29 is 28.7 Å². The summed E-state index contributed by atoms with van der Waals surface area (Å²) >= 11 is 1.82. The summed E-state index contributed by atoms with van der Waals surface area (Å²) in [6.07, 6.45) is 1.24. The highest BCUT2D eigenvalue weighted by molar-refractivity contribution is 8.13. The molecule has 0 atom stereocenters. The molecule has 2 rings (SSSR count). The number of benzene rings is 1. The van der Waals surface area contributed by atoms with Gasteiger partial charge in [0, 0.05) is 19.3 Å². The molecule has 0 spiro atoms. The van der Waals surface area contributed by atoms with Crippen LogP contribution >= 0.6 is 11.8 Å². The molecular weight excluding hydrogens is 347 g/mol. The van der Waals surface area contributed by atoms with Gasteiger partial charge in [0.25, 0.3) is 0 Å². The van der Waals surface area contributed by atoms with E-state index in [1.165, 1.54) is 12.2 Å². The van der Waals surface area contributed by atoms with Gasteiger partial charge in [0.15, 0.2) is 5.17 Å². The van der Waals surface area contributed by atoms with E-state index in [4.69, 9.17) is 4.74 Å². The molecule has 0 unspecified atom stereocenters. The van der Waals surface area contributed by atoms with Gasteiger partial charge in [0.05, 0.1) is 12.8 Å². The zero-order chi connectivity index (χ0) is 11.4. The van der Waals surface area contributed by atoms with Gasteiger partial charge in [-0.15, -0.1) is 0 Å². The fourth-order valence-corrected chi connectivity index (χ4v) is 2.49. The Labute approximate surface area is 124 Å². The van der Waals surface area contributed by atoms with Crippen LogP contribution in [0.4, 0.5) is 5.69 Å². The van der Waals surface area contributed by atoms with E-state index in [2.05, 4.69) is 16.9 Å². The van der Waals surface area contributed by atoms with Crippen molar-refractivity contribution in [2.75, 3.05) is 26.5 Å². The fourth-order valence-electron chi connectivity index (χ4n) is 1.56. The average Bonchev–Trinajstić information content (AvgIpc) is 2.33. The molecule has 1 heterocycles. The smallest absolute Gasteiger partial charge is 0.164 e. The highest BCUT2D eigenvalue weighted by Gasteiger charge is 2.12. The second-order valence-corrected chi connectivity index (χ2v) is 4.78. The monoisotopic (exact) mass is 363 g/mol. The number of thioether (sulfide) groups is 1. The summed E-state index contributed by atoms with van der Waals surface area (Å²) in [5.41, 5.74) is 0.983. The summed E-state index contributed by atoms with van der Waals surface area (Å²) in [4.78, 5) is 6.83. The Morgan fingerprint density at radius 2 is 2.00 bits per heavy atom. The Hall–Kier alpha value is -0.430. The largest absolute Gasteiger partial charge is 1.00 e. The van der Waals surface area contributed by atoms with Crippen LogP contribution in [0.2, 0.25) is 0 Å². The topological polar surface area (TPSA) is 24.8 Å². The third-order valence-corrected chi connectivity index (χ3v) is 3.65. The number of amidine groups is 1. The number of hydrogen-bond donors (Lipinski definition) is 0. The van der Waals surface area contributed by atoms with Gasteiger partial charge in [-0.25, -0.2) is 4.99 Å². The lowest BCUT2D eigenvalue weighted by molar-refractivity contribution is -0.00000358. The Balaban J connectivity index is 0.00000144. The Kier molecular flexibility index (Phi) is 6.11. The molecule has 1 fully saturated rings. The predicted octanol–water partition coefficient (Wildman–Crippen LogP) is -0.245. The summed E-state index contributed by atoms with van der Waals surface area (Å²) in [5.74, 6) is 2.04. The molecule has 1 aromatic carbocycles. The van der Waals surface area contributed by atoms with Gasteiger partial charge < -0.3 is 33.6 Å². The molecule has 1 aliphatic rings. The zero-order valence-electron chi connectivity index (χ0n) is 10.0. The van der Waals surface area contributed by atoms with Crippen molar-refractivity contribution >= 4 is 22.6 Å². The van der Waals surface area contributed by atoms with Gasteiger partial charge in [-0.3, -0.25) is 0 Å². The Bertz CT molecular complexity index is 381. The standard InChI is InChI=1S/C12H16N2OS.HI/c1-14-8-3-9-16-12(14)13-10-4-6-11(15-2)7-5-10;/h4-7H,3,8-9H2,1-2H3;1H/p-1. The molecule has 0 aromatic heterocycles. The molecular formula is C12H16IN2OS-. The lowest BCUT2D eigenvalue weighted by Gasteiger charge is -2.25. The first-order valence-electron chi connectivity index (χ1n) is 5.36. The van der Waals surface area contributed by atoms with E-state index in [1.807, 2.05) is 36.0 Å². The van der Waals surface area contributed by atoms with Crippen LogP contribution < -0.4 is 28.7 Å². The maximum atomic E-state index is 5.12. The first-order chi connectivity index (χ1) is 7.79. The van der Waals surface area contributed by atoms with Crippen molar-refractivity contribution in [3.63, 3.8) is 0 Å². The third kappa shape index (κ3) is 4.06. The highest BCUT2D eigenvalue weighted by Crippen LogP contribution is 2.22. The average molecular weight is 363 g/mol. The molecule has 5 heteroatoms. The molecule has 0 aliphatic carbocycles. The van der Waals surface area contributed by atoms with Crippen LogP contribution in [0.15, 0.2) is 29.3 Å². The van der Waals surface area contributed by atoms with Gasteiger partial charge in [0.1, 0.15) is 5.75 Å². The number of rotatable bonds is 2. The van der Waals surface area contributed by atoms with Crippen LogP contribution in [0.1, 0.15) is 6.42 Å². The molecule has 0 saturated carbocycles. The summed E-state index contributed by atoms with van der Waals surface area (Å²) in [6, 6.07) is 7.84. The van der Waals surface area contributed by atoms with Gasteiger partial charge >= 0.3 is 0 Å². The van der Waals surface area contributed by atoms with Crippen LogP contribution in [0, 0.1) is 0 Å². The molecule has 0 radical (unpaired) electrons. The second-order valence-electron chi connectivity index (χ2n) is 3.72. The van der Waals surface area contributed by atoms with Crippen molar-refractivity contribution in [2.24, 2.45) is 4.99 Å². The SMILES string of the molecule is COc1ccc(N=C2SCCCN2C)cc1.[I-]. The maximum absolute atomic E-state index is 5.12. The summed E-state index contributed by atoms with van der Waals surface area (Å²) in [6.45, 7) is 1.10. The fraction of sp³-hybridized carbons (Fsp3) is 0.417. The van der Waals surface area contributed by atoms with E-state index < -0.39 is 0 Å². The molecule has 1 aliphatic heterocycles. The molecule has 0 bridgehead atoms. The minimum atomic E-state index is 0. The van der Waals surface area contributed by atoms with E-state index >= 15 is 0 Å². The lowest BCUT2D eigenvalue weighted by atomic mass is 10.3. The second kappa shape index (κ2) is 7.10. The van der Waals surface area contributed by atoms with Gasteiger partial charge in [-0.1, -0.05) is 11.8 Å². The number of aliphatic imine (C=N–C) groups is 1. The summed E-state index contributed by atoms with van der Waals surface area (Å²) < 4.78 is 5.12. The molecule has 94 valence electrons. The number of nitrogens with zero attached hydrogens (tertiary/aromatic N) is 2. The summed E-state index contributed by atoms with van der Waals surface area (Å²) in [7, 11) is 3.76. The van der Waals surface area contributed by atoms with Gasteiger partial charge in [-0.2, -0.15) is 0 Å². The zero-order valence-corrected chi connectivity index (χ0v) is 13.0. The lowest BCUT2D eigenvalue weighted by Crippen LogP contribution is -3.00. The third-order valence-electron chi connectivity index (χ3n) is 2.49. The van der Waals surface area contributed by atoms with Crippen LogP contribution in [-0.2, 0) is 0 Å². The minimum Gasteiger partial charge on any atom is -1.00 e. The normalized spacial score (nSPS) is 17.8. The number of halogens is 1. The van der Waals surface area contributed by atoms with Crippen LogP contribution in [-0.4, -0.2) is 36.5 Å². The van der Waals surface area contributed by atoms with Crippen molar-refractivity contribution in [1.82, 2.24) is 4.90 Å². The molecule has 17 heavy (non-hydrogen) atoms. The van der Waals surface area contributed by atoms with Crippen molar-refractivity contribution in [2.45, 2.75) is 6.42 Å². The van der Waals surface area contributed by atoms with Gasteiger partial charge in [0.2, 0.25) is 0 Å². The van der Waals surface area contributed by atoms with Crippen molar-refractivity contribution in [3.8, 4) is 5.75 Å². The molecule has 1 aromatic rings. The first kappa shape index (κ1) is 14.6. The van der Waals surface area contributed by atoms with E-state index in [1.54, 1.807) is 7.11 Å². The molecule has 1 saturated heterocycles. The van der Waals surface area contributed by atoms with E-state index in [0.717, 1.165) is 23.1 Å². The summed E-state index contributed by atoms with van der Waals surface area (Å²) in [5, 5.41) is 1.11. The van der Waals surface area contributed by atoms with Crippen molar-refractivity contribution in [3.05, 3.63) is 24.3 Å². The first-order valence-corrected chi connectivity index (χ1v) is 6.35. The van der Waals surface area contributed by atoms with E-state index in [-0.39, 0.29) is 24.0 Å². The highest BCUT2D eigenvalue weighted by atomic mass is 127. The number of methoxy groups -OCH3 is 1. The van der Waals surface area contributed by atoms with Crippen LogP contribution in [0.25, 0.3) is 0 Å². The van der Waals surface area contributed by atoms with E-state index in [0.29, 0.717) is 0 Å². The maximum Gasteiger partial charge on any atom is 0.164 e.